The summed E-state index contributed by atoms with van der Waals surface area (Å²) in [6, 6.07) is 12.1. The highest BCUT2D eigenvalue weighted by Crippen LogP contribution is 2.41. The van der Waals surface area contributed by atoms with Gasteiger partial charge in [0.05, 0.1) is 22.3 Å². The molecule has 0 saturated carbocycles. The molecule has 3 aromatic rings. The number of carbonyl (C=O) groups excluding carboxylic acids is 3. The number of alkyl carbamates (subject to hydrolysis) is 1. The molecular formula is C31H29ClF3N3O6S. The van der Waals surface area contributed by atoms with E-state index in [9.17, 15) is 36.0 Å². The highest BCUT2D eigenvalue weighted by Gasteiger charge is 2.49. The number of nitrogens with one attached hydrogen (secondary N) is 2. The molecule has 3 amide bonds. The van der Waals surface area contributed by atoms with Crippen LogP contribution in [-0.2, 0) is 25.8 Å². The molecule has 0 spiro atoms. The second kappa shape index (κ2) is 13.1. The molecule has 2 aliphatic rings. The molecule has 238 valence electrons. The van der Waals surface area contributed by atoms with Crippen molar-refractivity contribution in [3.63, 3.8) is 0 Å². The maximum atomic E-state index is 13.9. The van der Waals surface area contributed by atoms with Crippen molar-refractivity contribution in [1.82, 2.24) is 10.2 Å². The number of methoxy groups -OCH3 is 1. The van der Waals surface area contributed by atoms with Gasteiger partial charge >= 0.3 is 6.09 Å². The predicted octanol–water partition coefficient (Wildman–Crippen LogP) is 5.27. The Labute approximate surface area is 262 Å². The van der Waals surface area contributed by atoms with Gasteiger partial charge in [0.2, 0.25) is 5.91 Å². The van der Waals surface area contributed by atoms with Crippen LogP contribution in [0, 0.1) is 17.5 Å². The lowest BCUT2D eigenvalue weighted by Crippen LogP contribution is -2.56. The Morgan fingerprint density at radius 2 is 1.60 bits per heavy atom. The summed E-state index contributed by atoms with van der Waals surface area (Å²) in [6.07, 6.45) is 0.819. The maximum Gasteiger partial charge on any atom is 0.407 e. The molecule has 0 aliphatic carbocycles. The summed E-state index contributed by atoms with van der Waals surface area (Å²) in [5.74, 6) is -5.93. The lowest BCUT2D eigenvalue weighted by molar-refractivity contribution is -0.137. The zero-order valence-electron chi connectivity index (χ0n) is 23.9. The molecule has 3 aromatic carbocycles. The van der Waals surface area contributed by atoms with Gasteiger partial charge in [-0.1, -0.05) is 41.9 Å². The summed E-state index contributed by atoms with van der Waals surface area (Å²) in [5, 5.41) is 3.80. The minimum atomic E-state index is -4.12. The van der Waals surface area contributed by atoms with Crippen molar-refractivity contribution < 1.29 is 40.7 Å². The summed E-state index contributed by atoms with van der Waals surface area (Å²) < 4.78 is 73.1. The topological polar surface area (TPSA) is 122 Å². The number of halogens is 4. The van der Waals surface area contributed by atoms with Crippen LogP contribution < -0.4 is 10.6 Å². The summed E-state index contributed by atoms with van der Waals surface area (Å²) in [6.45, 7) is 0. The molecule has 2 bridgehead atoms. The van der Waals surface area contributed by atoms with Gasteiger partial charge in [-0.2, -0.15) is 0 Å². The number of rotatable bonds is 8. The molecule has 1 unspecified atom stereocenters. The summed E-state index contributed by atoms with van der Waals surface area (Å²) in [4.78, 5) is 40.1. The lowest BCUT2D eigenvalue weighted by Gasteiger charge is -2.40. The molecule has 45 heavy (non-hydrogen) atoms. The fourth-order valence-electron chi connectivity index (χ4n) is 6.04. The van der Waals surface area contributed by atoms with Crippen LogP contribution in [0.1, 0.15) is 41.6 Å². The second-order valence-corrected chi connectivity index (χ2v) is 13.6. The van der Waals surface area contributed by atoms with E-state index in [1.807, 2.05) is 30.3 Å². The molecule has 9 nitrogen and oxygen atoms in total. The van der Waals surface area contributed by atoms with E-state index in [0.717, 1.165) is 11.6 Å². The van der Waals surface area contributed by atoms with E-state index in [1.165, 1.54) is 19.2 Å². The number of amides is 3. The minimum Gasteiger partial charge on any atom is -0.453 e. The molecule has 0 radical (unpaired) electrons. The number of anilines is 1. The Morgan fingerprint density at radius 3 is 2.20 bits per heavy atom. The number of benzene rings is 3. The van der Waals surface area contributed by atoms with E-state index in [0.29, 0.717) is 25.0 Å². The van der Waals surface area contributed by atoms with Gasteiger partial charge in [0, 0.05) is 41.9 Å². The fourth-order valence-corrected chi connectivity index (χ4v) is 8.43. The van der Waals surface area contributed by atoms with Gasteiger partial charge in [-0.25, -0.2) is 26.4 Å². The average Bonchev–Trinajstić information content (AvgIpc) is 3.27. The molecule has 5 rings (SSSR count). The number of ether oxygens (including phenoxy) is 1. The van der Waals surface area contributed by atoms with Crippen LogP contribution in [0.5, 0.6) is 0 Å². The Kier molecular flexibility index (Phi) is 9.40. The minimum absolute atomic E-state index is 0.113. The molecule has 2 heterocycles. The monoisotopic (exact) mass is 663 g/mol. The summed E-state index contributed by atoms with van der Waals surface area (Å²) in [5.41, 5.74) is 0.304. The molecule has 2 aliphatic heterocycles. The lowest BCUT2D eigenvalue weighted by atomic mass is 9.98. The number of carbonyl (C=O) groups is 3. The van der Waals surface area contributed by atoms with Gasteiger partial charge in [0.25, 0.3) is 5.91 Å². The van der Waals surface area contributed by atoms with Gasteiger partial charge in [0.15, 0.2) is 27.3 Å². The van der Waals surface area contributed by atoms with Gasteiger partial charge < -0.3 is 20.3 Å². The number of hydrogen-bond acceptors (Lipinski definition) is 6. The first kappa shape index (κ1) is 32.3. The smallest absolute Gasteiger partial charge is 0.407 e. The van der Waals surface area contributed by atoms with Crippen LogP contribution in [0.2, 0.25) is 5.02 Å². The number of piperidine rings is 1. The van der Waals surface area contributed by atoms with Crippen molar-refractivity contribution in [3.8, 4) is 0 Å². The van der Waals surface area contributed by atoms with Crippen molar-refractivity contribution >= 4 is 45.0 Å². The summed E-state index contributed by atoms with van der Waals surface area (Å²) in [7, 11) is -2.92. The third-order valence-electron chi connectivity index (χ3n) is 8.18. The van der Waals surface area contributed by atoms with E-state index in [2.05, 4.69) is 10.6 Å². The third-order valence-corrected chi connectivity index (χ3v) is 10.8. The number of hydrogen-bond donors (Lipinski definition) is 2. The van der Waals surface area contributed by atoms with Gasteiger partial charge in [-0.15, -0.1) is 0 Å². The van der Waals surface area contributed by atoms with Crippen molar-refractivity contribution in [2.24, 2.45) is 0 Å². The van der Waals surface area contributed by atoms with Crippen LogP contribution >= 0.6 is 11.6 Å². The molecule has 0 aromatic heterocycles. The number of fused-ring (bicyclic) bond motifs is 2. The van der Waals surface area contributed by atoms with Crippen molar-refractivity contribution in [1.29, 1.82) is 0 Å². The van der Waals surface area contributed by atoms with E-state index in [4.69, 9.17) is 16.3 Å². The normalized spacial score (nSPS) is 19.9. The average molecular weight is 664 g/mol. The molecule has 14 heteroatoms. The molecular weight excluding hydrogens is 635 g/mol. The van der Waals surface area contributed by atoms with Gasteiger partial charge in [-0.3, -0.25) is 9.59 Å². The van der Waals surface area contributed by atoms with Crippen LogP contribution in [0.15, 0.2) is 65.6 Å². The SMILES string of the molecule is COC(=O)N[C@@H](Cc1ccccc1)C(=O)N1C2CC[C@H]1C[C@H](S(=O)(=O)c1cc(C(=O)Nc3cc(F)c(F)c(F)c3)ccc1Cl)C2. The van der Waals surface area contributed by atoms with Gasteiger partial charge in [0.1, 0.15) is 6.04 Å². The van der Waals surface area contributed by atoms with E-state index >= 15 is 0 Å². The Balaban J connectivity index is 1.34. The van der Waals surface area contributed by atoms with E-state index in [-0.39, 0.29) is 46.3 Å². The Morgan fingerprint density at radius 1 is 0.978 bits per heavy atom. The largest absolute Gasteiger partial charge is 0.453 e. The predicted molar refractivity (Wildman–Crippen MR) is 159 cm³/mol. The fraction of sp³-hybridized carbons (Fsp3) is 0.323. The van der Waals surface area contributed by atoms with Crippen LogP contribution in [0.4, 0.5) is 23.7 Å². The number of sulfone groups is 1. The summed E-state index contributed by atoms with van der Waals surface area (Å²) >= 11 is 6.30. The van der Waals surface area contributed by atoms with E-state index < -0.39 is 62.7 Å². The zero-order valence-corrected chi connectivity index (χ0v) is 25.5. The van der Waals surface area contributed by atoms with Crippen molar-refractivity contribution in [2.75, 3.05) is 12.4 Å². The Hall–Kier alpha value is -4.10. The van der Waals surface area contributed by atoms with Crippen LogP contribution in [-0.4, -0.2) is 61.7 Å². The molecule has 2 saturated heterocycles. The first-order valence-electron chi connectivity index (χ1n) is 14.1. The quantitative estimate of drug-likeness (QED) is 0.317. The molecule has 2 N–H and O–H groups in total. The first-order valence-corrected chi connectivity index (χ1v) is 16.0. The highest BCUT2D eigenvalue weighted by atomic mass is 35.5. The van der Waals surface area contributed by atoms with E-state index in [1.54, 1.807) is 4.90 Å². The van der Waals surface area contributed by atoms with Gasteiger partial charge in [-0.05, 0) is 49.4 Å². The van der Waals surface area contributed by atoms with Crippen LogP contribution in [0.25, 0.3) is 0 Å². The number of nitrogens with zero attached hydrogens (tertiary/aromatic N) is 1. The molecule has 2 fully saturated rings. The zero-order chi connectivity index (χ0) is 32.5. The molecule has 4 atom stereocenters. The maximum absolute atomic E-state index is 13.9. The van der Waals surface area contributed by atoms with Crippen LogP contribution in [0.3, 0.4) is 0 Å². The third kappa shape index (κ3) is 6.79. The second-order valence-electron chi connectivity index (χ2n) is 11.0. The highest BCUT2D eigenvalue weighted by molar-refractivity contribution is 7.92. The first-order chi connectivity index (χ1) is 21.4. The standard InChI is InChI=1S/C31H29ClF3N3O6S/c1-44-31(41)37-26(11-17-5-3-2-4-6-17)30(40)38-20-8-9-21(38)16-22(15-20)45(42,43)27-12-18(7-10-23(27)32)29(39)36-19-13-24(33)28(35)25(34)14-19/h2-7,10,12-14,20-22,26H,8-9,11,15-16H2,1H3,(H,36,39)(H,37,41)/t20-,21?,22-,26-/m0/s1. The Bertz CT molecular complexity index is 1710. The van der Waals surface area contributed by atoms with Crippen molar-refractivity contribution in [3.05, 3.63) is 94.3 Å². The van der Waals surface area contributed by atoms with Crippen molar-refractivity contribution in [2.45, 2.75) is 60.4 Å².